The molecule has 0 aromatic heterocycles. The van der Waals surface area contributed by atoms with E-state index < -0.39 is 0 Å². The highest BCUT2D eigenvalue weighted by Gasteiger charge is 2.07. The fourth-order valence-electron chi connectivity index (χ4n) is 2.49. The third-order valence-electron chi connectivity index (χ3n) is 3.66. The Hall–Kier alpha value is -3.22. The van der Waals surface area contributed by atoms with Crippen LogP contribution in [0.2, 0.25) is 0 Å². The van der Waals surface area contributed by atoms with E-state index in [2.05, 4.69) is 20.9 Å². The number of aliphatic imine (C=N–C) groups is 1. The first-order valence-corrected chi connectivity index (χ1v) is 8.70. The lowest BCUT2D eigenvalue weighted by Gasteiger charge is -2.15. The van der Waals surface area contributed by atoms with Gasteiger partial charge in [-0.3, -0.25) is 9.79 Å². The Balaban J connectivity index is 2.02. The Morgan fingerprint density at radius 2 is 1.85 bits per heavy atom. The summed E-state index contributed by atoms with van der Waals surface area (Å²) in [6.45, 7) is 4.52. The van der Waals surface area contributed by atoms with Gasteiger partial charge in [-0.15, -0.1) is 0 Å². The van der Waals surface area contributed by atoms with E-state index in [9.17, 15) is 4.79 Å². The van der Waals surface area contributed by atoms with E-state index in [1.807, 2.05) is 49.4 Å². The Bertz CT molecular complexity index is 806. The summed E-state index contributed by atoms with van der Waals surface area (Å²) in [6.07, 6.45) is 0. The van der Waals surface area contributed by atoms with Gasteiger partial charge in [-0.05, 0) is 36.8 Å². The summed E-state index contributed by atoms with van der Waals surface area (Å²) in [5.74, 6) is 1.87. The second kappa shape index (κ2) is 10.1. The quantitative estimate of drug-likeness (QED) is 0.515. The SMILES string of the molecule is CCOc1cc(NC(=NC)NCc2cccc(NC(C)=O)c2)ccc1OC. The molecule has 0 aliphatic heterocycles. The molecule has 0 saturated heterocycles. The van der Waals surface area contributed by atoms with Crippen LogP contribution in [0.3, 0.4) is 0 Å². The van der Waals surface area contributed by atoms with E-state index in [1.54, 1.807) is 14.2 Å². The van der Waals surface area contributed by atoms with Crippen molar-refractivity contribution >= 4 is 23.2 Å². The van der Waals surface area contributed by atoms with Crippen molar-refractivity contribution < 1.29 is 14.3 Å². The molecule has 7 nitrogen and oxygen atoms in total. The molecular formula is C20H26N4O3. The zero-order chi connectivity index (χ0) is 19.6. The zero-order valence-electron chi connectivity index (χ0n) is 16.1. The number of hydrogen-bond donors (Lipinski definition) is 3. The first kappa shape index (κ1) is 20.1. The molecule has 0 radical (unpaired) electrons. The Morgan fingerprint density at radius 3 is 2.52 bits per heavy atom. The number of nitrogens with one attached hydrogen (secondary N) is 3. The van der Waals surface area contributed by atoms with Gasteiger partial charge in [0.25, 0.3) is 0 Å². The molecule has 1 amide bonds. The summed E-state index contributed by atoms with van der Waals surface area (Å²) in [6, 6.07) is 13.3. The molecule has 0 aliphatic rings. The lowest BCUT2D eigenvalue weighted by Crippen LogP contribution is -2.30. The fraction of sp³-hybridized carbons (Fsp3) is 0.300. The molecule has 0 spiro atoms. The van der Waals surface area contributed by atoms with E-state index in [-0.39, 0.29) is 5.91 Å². The third-order valence-corrected chi connectivity index (χ3v) is 3.66. The second-order valence-electron chi connectivity index (χ2n) is 5.73. The zero-order valence-corrected chi connectivity index (χ0v) is 16.1. The van der Waals surface area contributed by atoms with Crippen LogP contribution in [0.25, 0.3) is 0 Å². The first-order chi connectivity index (χ1) is 13.0. The predicted octanol–water partition coefficient (Wildman–Crippen LogP) is 3.24. The van der Waals surface area contributed by atoms with Gasteiger partial charge in [0.1, 0.15) is 0 Å². The molecule has 7 heteroatoms. The highest BCUT2D eigenvalue weighted by molar-refractivity contribution is 5.94. The number of methoxy groups -OCH3 is 1. The molecule has 2 rings (SSSR count). The van der Waals surface area contributed by atoms with Gasteiger partial charge in [0.15, 0.2) is 17.5 Å². The van der Waals surface area contributed by atoms with Crippen LogP contribution in [0, 0.1) is 0 Å². The van der Waals surface area contributed by atoms with Crippen molar-refractivity contribution in [2.45, 2.75) is 20.4 Å². The van der Waals surface area contributed by atoms with Gasteiger partial charge in [-0.2, -0.15) is 0 Å². The molecule has 0 bridgehead atoms. The van der Waals surface area contributed by atoms with E-state index in [0.717, 1.165) is 16.9 Å². The highest BCUT2D eigenvalue weighted by atomic mass is 16.5. The minimum Gasteiger partial charge on any atom is -0.493 e. The molecule has 0 fully saturated rings. The monoisotopic (exact) mass is 370 g/mol. The molecule has 0 atom stereocenters. The number of rotatable bonds is 7. The normalized spacial score (nSPS) is 10.9. The van der Waals surface area contributed by atoms with E-state index in [0.29, 0.717) is 30.6 Å². The molecule has 0 unspecified atom stereocenters. The van der Waals surface area contributed by atoms with Crippen molar-refractivity contribution in [1.82, 2.24) is 5.32 Å². The van der Waals surface area contributed by atoms with Crippen LogP contribution in [-0.2, 0) is 11.3 Å². The lowest BCUT2D eigenvalue weighted by atomic mass is 10.2. The minimum absolute atomic E-state index is 0.0952. The van der Waals surface area contributed by atoms with E-state index >= 15 is 0 Å². The molecule has 0 saturated carbocycles. The molecule has 0 heterocycles. The summed E-state index contributed by atoms with van der Waals surface area (Å²) in [5, 5.41) is 9.26. The lowest BCUT2D eigenvalue weighted by molar-refractivity contribution is -0.114. The number of nitrogens with zero attached hydrogens (tertiary/aromatic N) is 1. The number of guanidine groups is 1. The van der Waals surface area contributed by atoms with Crippen LogP contribution in [0.4, 0.5) is 11.4 Å². The van der Waals surface area contributed by atoms with Gasteiger partial charge in [0.05, 0.1) is 13.7 Å². The van der Waals surface area contributed by atoms with Gasteiger partial charge >= 0.3 is 0 Å². The molecule has 2 aromatic carbocycles. The Labute approximate surface area is 159 Å². The summed E-state index contributed by atoms with van der Waals surface area (Å²) in [7, 11) is 3.32. The number of ether oxygens (including phenoxy) is 2. The van der Waals surface area contributed by atoms with Crippen LogP contribution < -0.4 is 25.4 Å². The summed E-state index contributed by atoms with van der Waals surface area (Å²) >= 11 is 0. The molecule has 3 N–H and O–H groups in total. The fourth-order valence-corrected chi connectivity index (χ4v) is 2.49. The first-order valence-electron chi connectivity index (χ1n) is 8.70. The molecule has 144 valence electrons. The van der Waals surface area contributed by atoms with E-state index in [4.69, 9.17) is 9.47 Å². The van der Waals surface area contributed by atoms with Crippen LogP contribution in [0.5, 0.6) is 11.5 Å². The maximum absolute atomic E-state index is 11.2. The van der Waals surface area contributed by atoms with Gasteiger partial charge < -0.3 is 25.4 Å². The van der Waals surface area contributed by atoms with Crippen LogP contribution in [0.15, 0.2) is 47.5 Å². The predicted molar refractivity (Wildman–Crippen MR) is 109 cm³/mol. The number of anilines is 2. The van der Waals surface area contributed by atoms with Crippen LogP contribution >= 0.6 is 0 Å². The average Bonchev–Trinajstić information content (AvgIpc) is 2.65. The van der Waals surface area contributed by atoms with Crippen molar-refractivity contribution in [2.24, 2.45) is 4.99 Å². The largest absolute Gasteiger partial charge is 0.493 e. The summed E-state index contributed by atoms with van der Waals surface area (Å²) in [5.41, 5.74) is 2.62. The Morgan fingerprint density at radius 1 is 1.07 bits per heavy atom. The smallest absolute Gasteiger partial charge is 0.221 e. The Kier molecular flexibility index (Phi) is 7.49. The second-order valence-corrected chi connectivity index (χ2v) is 5.73. The number of carbonyl (C=O) groups is 1. The van der Waals surface area contributed by atoms with Crippen LogP contribution in [0.1, 0.15) is 19.4 Å². The van der Waals surface area contributed by atoms with Crippen molar-refractivity contribution in [3.63, 3.8) is 0 Å². The molecule has 2 aromatic rings. The third kappa shape index (κ3) is 6.22. The molecule has 27 heavy (non-hydrogen) atoms. The van der Waals surface area contributed by atoms with E-state index in [1.165, 1.54) is 6.92 Å². The highest BCUT2D eigenvalue weighted by Crippen LogP contribution is 2.30. The number of hydrogen-bond acceptors (Lipinski definition) is 4. The van der Waals surface area contributed by atoms with Crippen LogP contribution in [-0.4, -0.2) is 32.6 Å². The topological polar surface area (TPSA) is 84.0 Å². The van der Waals surface area contributed by atoms with Gasteiger partial charge in [-0.25, -0.2) is 0 Å². The van der Waals surface area contributed by atoms with Crippen molar-refractivity contribution in [3.05, 3.63) is 48.0 Å². The van der Waals surface area contributed by atoms with Gasteiger partial charge in [0, 0.05) is 38.0 Å². The van der Waals surface area contributed by atoms with Crippen molar-refractivity contribution in [3.8, 4) is 11.5 Å². The van der Waals surface area contributed by atoms with Crippen molar-refractivity contribution in [1.29, 1.82) is 0 Å². The standard InChI is InChI=1S/C20H26N4O3/c1-5-27-19-12-17(9-10-18(19)26-4)24-20(21-3)22-13-15-7-6-8-16(11-15)23-14(2)25/h6-12H,5,13H2,1-4H3,(H,23,25)(H2,21,22,24). The van der Waals surface area contributed by atoms with Gasteiger partial charge in [0.2, 0.25) is 5.91 Å². The average molecular weight is 370 g/mol. The number of carbonyl (C=O) groups excluding carboxylic acids is 1. The summed E-state index contributed by atoms with van der Waals surface area (Å²) in [4.78, 5) is 15.4. The maximum atomic E-state index is 11.2. The van der Waals surface area contributed by atoms with Gasteiger partial charge in [-0.1, -0.05) is 12.1 Å². The van der Waals surface area contributed by atoms with Crippen molar-refractivity contribution in [2.75, 3.05) is 31.4 Å². The number of benzene rings is 2. The molecule has 0 aliphatic carbocycles. The minimum atomic E-state index is -0.0952. The number of amides is 1. The molecular weight excluding hydrogens is 344 g/mol. The maximum Gasteiger partial charge on any atom is 0.221 e. The summed E-state index contributed by atoms with van der Waals surface area (Å²) < 4.78 is 10.9.